The number of thiophene rings is 1. The van der Waals surface area contributed by atoms with Crippen molar-refractivity contribution in [2.75, 3.05) is 32.2 Å². The third-order valence-electron chi connectivity index (χ3n) is 4.34. The Labute approximate surface area is 202 Å². The Bertz CT molecular complexity index is 1230. The monoisotopic (exact) mass is 534 g/mol. The van der Waals surface area contributed by atoms with E-state index >= 15 is 0 Å². The first-order valence-corrected chi connectivity index (χ1v) is 11.9. The average Bonchev–Trinajstić information content (AvgIpc) is 3.13. The van der Waals surface area contributed by atoms with Gasteiger partial charge in [-0.05, 0) is 36.8 Å². The van der Waals surface area contributed by atoms with Crippen LogP contribution in [0, 0.1) is 6.92 Å². The van der Waals surface area contributed by atoms with Gasteiger partial charge in [0.25, 0.3) is 11.8 Å². The van der Waals surface area contributed by atoms with Crippen LogP contribution < -0.4 is 11.1 Å². The predicted octanol–water partition coefficient (Wildman–Crippen LogP) is 1.75. The lowest BCUT2D eigenvalue weighted by atomic mass is 10.1. The van der Waals surface area contributed by atoms with Crippen LogP contribution in [0.3, 0.4) is 0 Å². The highest BCUT2D eigenvalue weighted by atomic mass is 32.2. The van der Waals surface area contributed by atoms with E-state index in [2.05, 4.69) is 5.32 Å². The van der Waals surface area contributed by atoms with Crippen molar-refractivity contribution >= 4 is 49.9 Å². The van der Waals surface area contributed by atoms with Gasteiger partial charge >= 0.3 is 17.7 Å². The van der Waals surface area contributed by atoms with E-state index < -0.39 is 50.9 Å². The third-order valence-corrected chi connectivity index (χ3v) is 6.96. The molecule has 3 N–H and O–H groups in total. The predicted molar refractivity (Wildman–Crippen MR) is 118 cm³/mol. The lowest BCUT2D eigenvalue weighted by molar-refractivity contribution is -0.119. The van der Waals surface area contributed by atoms with Crippen LogP contribution in [0.4, 0.5) is 13.8 Å². The molecule has 0 spiro atoms. The van der Waals surface area contributed by atoms with E-state index in [0.29, 0.717) is 0 Å². The highest BCUT2D eigenvalue weighted by Crippen LogP contribution is 2.33. The number of methoxy groups -OCH3 is 1. The minimum atomic E-state index is -4.83. The molecule has 0 unspecified atom stereocenters. The van der Waals surface area contributed by atoms with Gasteiger partial charge in [-0.3, -0.25) is 9.59 Å². The molecule has 0 saturated carbocycles. The van der Waals surface area contributed by atoms with E-state index in [1.807, 2.05) is 0 Å². The summed E-state index contributed by atoms with van der Waals surface area (Å²) in [4.78, 5) is 47.8. The van der Waals surface area contributed by atoms with E-state index in [1.165, 1.54) is 14.0 Å². The molecule has 0 aliphatic carbocycles. The molecule has 0 aliphatic heterocycles. The highest BCUT2D eigenvalue weighted by molar-refractivity contribution is 7.91. The number of nitrogens with two attached hydrogens (primary N) is 1. The molecule has 35 heavy (non-hydrogen) atoms. The van der Waals surface area contributed by atoms with Crippen molar-refractivity contribution in [1.29, 1.82) is 0 Å². The maximum Gasteiger partial charge on any atom is 0.341 e. The van der Waals surface area contributed by atoms with Crippen molar-refractivity contribution in [1.82, 2.24) is 0 Å². The smallest absolute Gasteiger partial charge is 0.341 e. The van der Waals surface area contributed by atoms with E-state index in [4.69, 9.17) is 19.9 Å². The van der Waals surface area contributed by atoms with Crippen molar-refractivity contribution in [3.63, 3.8) is 0 Å². The molecule has 1 aromatic heterocycles. The fourth-order valence-electron chi connectivity index (χ4n) is 2.63. The molecule has 1 aromatic carbocycles. The van der Waals surface area contributed by atoms with Crippen LogP contribution in [0.15, 0.2) is 29.2 Å². The van der Waals surface area contributed by atoms with Crippen LogP contribution in [0.1, 0.15) is 36.0 Å². The van der Waals surface area contributed by atoms with Crippen LogP contribution in [0.2, 0.25) is 0 Å². The highest BCUT2D eigenvalue weighted by Gasteiger charge is 2.27. The largest absolute Gasteiger partial charge is 0.460 e. The first kappa shape index (κ1) is 27.8. The number of esters is 2. The molecule has 2 rings (SSSR count). The quantitative estimate of drug-likeness (QED) is 0.322. The Morgan fingerprint density at radius 2 is 1.69 bits per heavy atom. The van der Waals surface area contributed by atoms with Crippen LogP contribution >= 0.6 is 11.3 Å². The number of sulfone groups is 1. The Hall–Kier alpha value is -3.43. The number of primary amides is 1. The van der Waals surface area contributed by atoms with Crippen molar-refractivity contribution in [3.8, 4) is 0 Å². The Morgan fingerprint density at radius 3 is 2.23 bits per heavy atom. The number of halogens is 2. The summed E-state index contributed by atoms with van der Waals surface area (Å²) in [7, 11) is -3.43. The zero-order chi connectivity index (χ0) is 26.3. The normalized spacial score (nSPS) is 11.2. The second-order valence-electron chi connectivity index (χ2n) is 6.71. The molecule has 2 aromatic rings. The minimum absolute atomic E-state index is 0.00910. The molecule has 11 nitrogen and oxygen atoms in total. The van der Waals surface area contributed by atoms with Gasteiger partial charge in [0, 0.05) is 7.11 Å². The molecule has 0 fully saturated rings. The van der Waals surface area contributed by atoms with Gasteiger partial charge in [0.1, 0.15) is 11.6 Å². The molecule has 0 radical (unpaired) electrons. The molecule has 0 aliphatic rings. The fraction of sp³-hybridized carbons (Fsp3) is 0.300. The number of rotatable bonds is 11. The number of carbonyl (C=O) groups excluding carboxylic acids is 4. The SMILES string of the molecule is COCCOC(=O)c1c(NC(=O)COC(=O)c2ccc(S(=O)(=O)C(F)F)cc2)sc(C(N)=O)c1C. The number of benzene rings is 1. The minimum Gasteiger partial charge on any atom is -0.460 e. The summed E-state index contributed by atoms with van der Waals surface area (Å²) >= 11 is 0.730. The molecule has 0 bridgehead atoms. The number of anilines is 1. The number of carbonyl (C=O) groups is 4. The Morgan fingerprint density at radius 1 is 1.06 bits per heavy atom. The van der Waals surface area contributed by atoms with Crippen LogP contribution in [-0.4, -0.2) is 64.9 Å². The zero-order valence-corrected chi connectivity index (χ0v) is 20.0. The van der Waals surface area contributed by atoms with Crippen molar-refractivity contribution < 1.29 is 50.6 Å². The van der Waals surface area contributed by atoms with Gasteiger partial charge in [-0.2, -0.15) is 8.78 Å². The topological polar surface area (TPSA) is 168 Å². The summed E-state index contributed by atoms with van der Waals surface area (Å²) < 4.78 is 62.7. The van der Waals surface area contributed by atoms with Gasteiger partial charge in [0.2, 0.25) is 9.84 Å². The van der Waals surface area contributed by atoms with Crippen molar-refractivity contribution in [2.45, 2.75) is 17.6 Å². The Balaban J connectivity index is 2.09. The van der Waals surface area contributed by atoms with Gasteiger partial charge < -0.3 is 25.3 Å². The Kier molecular flexibility index (Phi) is 9.39. The summed E-state index contributed by atoms with van der Waals surface area (Å²) in [5, 5.41) is 2.29. The summed E-state index contributed by atoms with van der Waals surface area (Å²) in [5.74, 6) is -7.21. The summed E-state index contributed by atoms with van der Waals surface area (Å²) in [5.41, 5.74) is 5.20. The summed E-state index contributed by atoms with van der Waals surface area (Å²) in [6.07, 6.45) is 0. The van der Waals surface area contributed by atoms with E-state index in [1.54, 1.807) is 0 Å². The number of hydrogen-bond acceptors (Lipinski definition) is 10. The molecule has 0 saturated heterocycles. The van der Waals surface area contributed by atoms with Crippen LogP contribution in [0.5, 0.6) is 0 Å². The third kappa shape index (κ3) is 6.80. The van der Waals surface area contributed by atoms with Crippen molar-refractivity contribution in [3.05, 3.63) is 45.8 Å². The first-order valence-electron chi connectivity index (χ1n) is 9.58. The maximum absolute atomic E-state index is 12.6. The maximum atomic E-state index is 12.6. The lowest BCUT2D eigenvalue weighted by Crippen LogP contribution is -2.22. The fourth-order valence-corrected chi connectivity index (χ4v) is 4.42. The van der Waals surface area contributed by atoms with E-state index in [0.717, 1.165) is 35.6 Å². The van der Waals surface area contributed by atoms with E-state index in [-0.39, 0.29) is 39.8 Å². The average molecular weight is 535 g/mol. The second-order valence-corrected chi connectivity index (χ2v) is 9.65. The standard InChI is InChI=1S/C20H20F2N2O9S2/c1-10-14(19(28)32-8-7-31-2)17(34-15(10)16(23)26)24-13(25)9-33-18(27)11-3-5-12(6-4-11)35(29,30)20(21)22/h3-6,20H,7-9H2,1-2H3,(H2,23,26)(H,24,25). The van der Waals surface area contributed by atoms with Crippen molar-refractivity contribution in [2.24, 2.45) is 5.73 Å². The van der Waals surface area contributed by atoms with Gasteiger partial charge in [-0.15, -0.1) is 11.3 Å². The molecule has 0 atom stereocenters. The lowest BCUT2D eigenvalue weighted by Gasteiger charge is -2.09. The molecule has 2 amide bonds. The molecular weight excluding hydrogens is 514 g/mol. The zero-order valence-electron chi connectivity index (χ0n) is 18.3. The number of nitrogens with one attached hydrogen (secondary N) is 1. The van der Waals surface area contributed by atoms with Gasteiger partial charge in [0.05, 0.1) is 27.5 Å². The van der Waals surface area contributed by atoms with Crippen LogP contribution in [-0.2, 0) is 28.8 Å². The van der Waals surface area contributed by atoms with Gasteiger partial charge in [-0.25, -0.2) is 18.0 Å². The molecule has 15 heteroatoms. The number of alkyl halides is 2. The number of amides is 2. The molecule has 190 valence electrons. The molecule has 1 heterocycles. The summed E-state index contributed by atoms with van der Waals surface area (Å²) in [6.45, 7) is 0.650. The van der Waals surface area contributed by atoms with Gasteiger partial charge in [-0.1, -0.05) is 0 Å². The first-order chi connectivity index (χ1) is 16.4. The van der Waals surface area contributed by atoms with E-state index in [9.17, 15) is 36.4 Å². The number of hydrogen-bond donors (Lipinski definition) is 2. The van der Waals surface area contributed by atoms with Gasteiger partial charge in [0.15, 0.2) is 6.61 Å². The van der Waals surface area contributed by atoms with Crippen LogP contribution in [0.25, 0.3) is 0 Å². The number of ether oxygens (including phenoxy) is 3. The molecular formula is C20H20F2N2O9S2. The summed E-state index contributed by atoms with van der Waals surface area (Å²) in [6, 6.07) is 3.51. The second kappa shape index (κ2) is 11.8.